The molecule has 7 nitrogen and oxygen atoms in total. The van der Waals surface area contributed by atoms with Crippen molar-refractivity contribution >= 4 is 19.5 Å². The van der Waals surface area contributed by atoms with Crippen LogP contribution in [0.2, 0.25) is 0 Å². The molecule has 0 aliphatic carbocycles. The Labute approximate surface area is 169 Å². The molecule has 0 spiro atoms. The van der Waals surface area contributed by atoms with Gasteiger partial charge in [-0.1, -0.05) is 32.9 Å². The normalized spacial score (nSPS) is 11.0. The predicted octanol–water partition coefficient (Wildman–Crippen LogP) is 4.81. The van der Waals surface area contributed by atoms with E-state index in [0.29, 0.717) is 32.6 Å². The fraction of sp³-hybridized carbons (Fsp3) is 0.700. The van der Waals surface area contributed by atoms with E-state index in [9.17, 15) is 14.2 Å². The van der Waals surface area contributed by atoms with Gasteiger partial charge in [0.25, 0.3) is 0 Å². The fourth-order valence-corrected chi connectivity index (χ4v) is 3.46. The highest BCUT2D eigenvalue weighted by Gasteiger charge is 2.21. The average molecular weight is 418 g/mol. The maximum absolute atomic E-state index is 12.5. The van der Waals surface area contributed by atoms with Crippen molar-refractivity contribution in [2.45, 2.75) is 58.3 Å². The minimum absolute atomic E-state index is 0.349. The highest BCUT2D eigenvalue weighted by Crippen LogP contribution is 2.47. The molecule has 0 rings (SSSR count). The standard InChI is InChI=1S/C20H35O7P/c1-4-19(21)24-15-11-7-9-13-17-26-28(23,6-3)27-18-14-10-8-12-16-25-20(22)5-2/h4-5H,1-2,6-18H2,3H3. The van der Waals surface area contributed by atoms with E-state index in [0.717, 1.165) is 63.5 Å². The zero-order valence-corrected chi connectivity index (χ0v) is 18.0. The van der Waals surface area contributed by atoms with Crippen LogP contribution in [0.25, 0.3) is 0 Å². The molecule has 28 heavy (non-hydrogen) atoms. The van der Waals surface area contributed by atoms with Crippen molar-refractivity contribution in [1.82, 2.24) is 0 Å². The largest absolute Gasteiger partial charge is 0.463 e. The molecule has 0 aromatic carbocycles. The number of esters is 2. The summed E-state index contributed by atoms with van der Waals surface area (Å²) in [7, 11) is -3.02. The maximum atomic E-state index is 12.5. The second kappa shape index (κ2) is 17.7. The summed E-state index contributed by atoms with van der Waals surface area (Å²) in [5.74, 6) is -0.805. The molecule has 0 radical (unpaired) electrons. The number of carbonyl (C=O) groups excluding carboxylic acids is 2. The van der Waals surface area contributed by atoms with Gasteiger partial charge in [-0.15, -0.1) is 0 Å². The minimum Gasteiger partial charge on any atom is -0.463 e. The van der Waals surface area contributed by atoms with Gasteiger partial charge in [0.05, 0.1) is 26.4 Å². The SMILES string of the molecule is C=CC(=O)OCCCCCCOP(=O)(CC)OCCCCCCOC(=O)C=C. The summed E-state index contributed by atoms with van der Waals surface area (Å²) in [4.78, 5) is 21.7. The van der Waals surface area contributed by atoms with Crippen molar-refractivity contribution in [3.8, 4) is 0 Å². The van der Waals surface area contributed by atoms with Crippen molar-refractivity contribution < 1.29 is 32.7 Å². The molecule has 0 bridgehead atoms. The van der Waals surface area contributed by atoms with E-state index < -0.39 is 19.5 Å². The van der Waals surface area contributed by atoms with Gasteiger partial charge < -0.3 is 18.5 Å². The van der Waals surface area contributed by atoms with E-state index in [1.54, 1.807) is 6.92 Å². The second-order valence-corrected chi connectivity index (χ2v) is 8.54. The molecule has 0 saturated heterocycles. The quantitative estimate of drug-likeness (QED) is 0.129. The van der Waals surface area contributed by atoms with Crippen LogP contribution in [0.1, 0.15) is 58.3 Å². The number of hydrogen-bond acceptors (Lipinski definition) is 7. The summed E-state index contributed by atoms with van der Waals surface area (Å²) in [5, 5.41) is 0. The topological polar surface area (TPSA) is 88.1 Å². The van der Waals surface area contributed by atoms with Crippen LogP contribution in [0.5, 0.6) is 0 Å². The van der Waals surface area contributed by atoms with Crippen molar-refractivity contribution in [1.29, 1.82) is 0 Å². The minimum atomic E-state index is -3.02. The summed E-state index contributed by atoms with van der Waals surface area (Å²) in [5.41, 5.74) is 0. The molecule has 0 aliphatic rings. The van der Waals surface area contributed by atoms with Gasteiger partial charge in [-0.3, -0.25) is 4.57 Å². The molecule has 0 aromatic heterocycles. The van der Waals surface area contributed by atoms with Gasteiger partial charge in [-0.25, -0.2) is 9.59 Å². The molecule has 0 unspecified atom stereocenters. The van der Waals surface area contributed by atoms with Gasteiger partial charge in [-0.05, 0) is 38.5 Å². The number of unbranched alkanes of at least 4 members (excludes halogenated alkanes) is 6. The van der Waals surface area contributed by atoms with Crippen LogP contribution in [-0.2, 0) is 32.7 Å². The van der Waals surface area contributed by atoms with Gasteiger partial charge in [0.15, 0.2) is 0 Å². The summed E-state index contributed by atoms with van der Waals surface area (Å²) in [6, 6.07) is 0. The van der Waals surface area contributed by atoms with Crippen molar-refractivity contribution in [3.63, 3.8) is 0 Å². The van der Waals surface area contributed by atoms with Crippen LogP contribution < -0.4 is 0 Å². The Kier molecular flexibility index (Phi) is 16.8. The first kappa shape index (κ1) is 26.6. The Morgan fingerprint density at radius 1 is 0.714 bits per heavy atom. The van der Waals surface area contributed by atoms with Gasteiger partial charge in [0, 0.05) is 18.3 Å². The third kappa shape index (κ3) is 15.6. The summed E-state index contributed by atoms with van der Waals surface area (Å²) in [6.45, 7) is 10.0. The number of ether oxygens (including phenoxy) is 2. The average Bonchev–Trinajstić information content (AvgIpc) is 2.71. The van der Waals surface area contributed by atoms with E-state index in [2.05, 4.69) is 13.2 Å². The van der Waals surface area contributed by atoms with Crippen LogP contribution in [0.4, 0.5) is 0 Å². The molecular weight excluding hydrogens is 383 g/mol. The highest BCUT2D eigenvalue weighted by atomic mass is 31.2. The molecular formula is C20H35O7P. The van der Waals surface area contributed by atoms with Crippen molar-refractivity contribution in [3.05, 3.63) is 25.3 Å². The van der Waals surface area contributed by atoms with E-state index in [1.807, 2.05) is 0 Å². The molecule has 0 aliphatic heterocycles. The number of carbonyl (C=O) groups is 2. The lowest BCUT2D eigenvalue weighted by Crippen LogP contribution is -2.03. The molecule has 8 heteroatoms. The lowest BCUT2D eigenvalue weighted by molar-refractivity contribution is -0.138. The second-order valence-electron chi connectivity index (χ2n) is 6.17. The van der Waals surface area contributed by atoms with Crippen LogP contribution in [-0.4, -0.2) is 44.5 Å². The molecule has 0 N–H and O–H groups in total. The first-order chi connectivity index (χ1) is 13.5. The Balaban J connectivity index is 3.63. The lowest BCUT2D eigenvalue weighted by Gasteiger charge is -2.17. The maximum Gasteiger partial charge on any atom is 0.330 e. The number of hydrogen-bond donors (Lipinski definition) is 0. The molecule has 162 valence electrons. The highest BCUT2D eigenvalue weighted by molar-refractivity contribution is 7.53. The van der Waals surface area contributed by atoms with Gasteiger partial charge in [0.2, 0.25) is 0 Å². The first-order valence-corrected chi connectivity index (χ1v) is 11.7. The molecule has 0 aromatic rings. The van der Waals surface area contributed by atoms with Crippen LogP contribution in [0, 0.1) is 0 Å². The predicted molar refractivity (Wildman–Crippen MR) is 109 cm³/mol. The van der Waals surface area contributed by atoms with Crippen molar-refractivity contribution in [2.75, 3.05) is 32.6 Å². The number of rotatable bonds is 19. The van der Waals surface area contributed by atoms with E-state index in [4.69, 9.17) is 18.5 Å². The van der Waals surface area contributed by atoms with Crippen LogP contribution in [0.3, 0.4) is 0 Å². The summed E-state index contributed by atoms with van der Waals surface area (Å²) in [6.07, 6.45) is 9.43. The molecule has 0 saturated carbocycles. The Bertz CT molecular complexity index is 465. The third-order valence-electron chi connectivity index (χ3n) is 3.86. The molecule has 0 amide bonds. The van der Waals surface area contributed by atoms with Gasteiger partial charge in [0.1, 0.15) is 0 Å². The monoisotopic (exact) mass is 418 g/mol. The molecule has 0 atom stereocenters. The zero-order valence-electron chi connectivity index (χ0n) is 17.1. The lowest BCUT2D eigenvalue weighted by atomic mass is 10.2. The van der Waals surface area contributed by atoms with E-state index in [1.165, 1.54) is 0 Å². The smallest absolute Gasteiger partial charge is 0.330 e. The summed E-state index contributed by atoms with van der Waals surface area (Å²) >= 11 is 0. The van der Waals surface area contributed by atoms with Crippen LogP contribution >= 0.6 is 7.60 Å². The fourth-order valence-electron chi connectivity index (χ4n) is 2.21. The van der Waals surface area contributed by atoms with Gasteiger partial charge in [-0.2, -0.15) is 0 Å². The van der Waals surface area contributed by atoms with E-state index in [-0.39, 0.29) is 0 Å². The molecule has 0 fully saturated rings. The van der Waals surface area contributed by atoms with Crippen molar-refractivity contribution in [2.24, 2.45) is 0 Å². The Morgan fingerprint density at radius 3 is 1.39 bits per heavy atom. The Morgan fingerprint density at radius 2 is 1.07 bits per heavy atom. The van der Waals surface area contributed by atoms with Crippen LogP contribution in [0.15, 0.2) is 25.3 Å². The first-order valence-electron chi connectivity index (χ1n) is 9.94. The Hall–Kier alpha value is -1.43. The van der Waals surface area contributed by atoms with E-state index >= 15 is 0 Å². The zero-order chi connectivity index (χ0) is 21.1. The molecule has 0 heterocycles. The summed E-state index contributed by atoms with van der Waals surface area (Å²) < 4.78 is 33.3. The third-order valence-corrected chi connectivity index (χ3v) is 5.79. The van der Waals surface area contributed by atoms with Gasteiger partial charge >= 0.3 is 19.5 Å².